The molecular weight excluding hydrogens is 400 g/mol. The number of fused-ring (bicyclic) bond motifs is 1. The molecule has 0 atom stereocenters. The van der Waals surface area contributed by atoms with Gasteiger partial charge in [0.2, 0.25) is 0 Å². The van der Waals surface area contributed by atoms with Crippen molar-refractivity contribution in [1.82, 2.24) is 0 Å². The van der Waals surface area contributed by atoms with Gasteiger partial charge in [-0.2, -0.15) is 0 Å². The van der Waals surface area contributed by atoms with Crippen molar-refractivity contribution in [2.75, 3.05) is 0 Å². The Balaban J connectivity index is 2.13. The average Bonchev–Trinajstić information content (AvgIpc) is 2.66. The summed E-state index contributed by atoms with van der Waals surface area (Å²) in [6.07, 6.45) is 0. The SMILES string of the molecule is CC(=O)c1c(OC(=O)c2cc([N+](=O)[O-])cc([N+](=O)[O-])c2)ccc2c(C)cc(=O)oc12. The molecule has 0 saturated carbocycles. The Kier molecular flexibility index (Phi) is 5.11. The van der Waals surface area contributed by atoms with Crippen LogP contribution in [-0.2, 0) is 0 Å². The topological polar surface area (TPSA) is 160 Å². The molecule has 11 heteroatoms. The van der Waals surface area contributed by atoms with E-state index < -0.39 is 44.2 Å². The van der Waals surface area contributed by atoms with E-state index in [1.165, 1.54) is 25.1 Å². The van der Waals surface area contributed by atoms with E-state index in [1.54, 1.807) is 6.92 Å². The van der Waals surface area contributed by atoms with Crippen LogP contribution >= 0.6 is 0 Å². The van der Waals surface area contributed by atoms with Gasteiger partial charge in [-0.3, -0.25) is 25.0 Å². The van der Waals surface area contributed by atoms with Crippen LogP contribution in [0.1, 0.15) is 33.2 Å². The van der Waals surface area contributed by atoms with Crippen molar-refractivity contribution >= 4 is 34.1 Å². The zero-order valence-electron chi connectivity index (χ0n) is 15.5. The second-order valence-electron chi connectivity index (χ2n) is 6.26. The fraction of sp³-hybridized carbons (Fsp3) is 0.105. The highest BCUT2D eigenvalue weighted by molar-refractivity contribution is 6.08. The molecule has 1 heterocycles. The van der Waals surface area contributed by atoms with E-state index >= 15 is 0 Å². The first-order chi connectivity index (χ1) is 14.1. The predicted molar refractivity (Wildman–Crippen MR) is 102 cm³/mol. The zero-order chi connectivity index (χ0) is 22.2. The van der Waals surface area contributed by atoms with Gasteiger partial charge in [0.05, 0.1) is 21.5 Å². The van der Waals surface area contributed by atoms with Gasteiger partial charge < -0.3 is 9.15 Å². The zero-order valence-corrected chi connectivity index (χ0v) is 15.5. The molecule has 3 aromatic rings. The third-order valence-electron chi connectivity index (χ3n) is 4.20. The number of carbonyl (C=O) groups is 2. The van der Waals surface area contributed by atoms with Gasteiger partial charge in [-0.15, -0.1) is 0 Å². The molecule has 3 rings (SSSR count). The standard InChI is InChI=1S/C19H12N2O9/c1-9-5-16(23)30-18-14(9)3-4-15(17(18)10(2)22)29-19(24)11-6-12(20(25)26)8-13(7-11)21(27)28/h3-8H,1-2H3. The van der Waals surface area contributed by atoms with E-state index in [1.807, 2.05) is 0 Å². The quantitative estimate of drug-likeness (QED) is 0.153. The van der Waals surface area contributed by atoms with Crippen LogP contribution in [0.3, 0.4) is 0 Å². The molecule has 0 spiro atoms. The summed E-state index contributed by atoms with van der Waals surface area (Å²) in [6, 6.07) is 6.34. The summed E-state index contributed by atoms with van der Waals surface area (Å²) >= 11 is 0. The molecule has 0 bridgehead atoms. The van der Waals surface area contributed by atoms with Crippen molar-refractivity contribution in [3.63, 3.8) is 0 Å². The molecule has 0 saturated heterocycles. The maximum atomic E-state index is 12.5. The number of hydrogen-bond acceptors (Lipinski definition) is 9. The van der Waals surface area contributed by atoms with Crippen molar-refractivity contribution in [3.8, 4) is 5.75 Å². The maximum absolute atomic E-state index is 12.5. The molecule has 11 nitrogen and oxygen atoms in total. The summed E-state index contributed by atoms with van der Waals surface area (Å²) in [7, 11) is 0. The van der Waals surface area contributed by atoms with Crippen molar-refractivity contribution in [2.45, 2.75) is 13.8 Å². The lowest BCUT2D eigenvalue weighted by Gasteiger charge is -2.11. The summed E-state index contributed by atoms with van der Waals surface area (Å²) < 4.78 is 10.3. The monoisotopic (exact) mass is 412 g/mol. The van der Waals surface area contributed by atoms with Gasteiger partial charge in [0.25, 0.3) is 11.4 Å². The van der Waals surface area contributed by atoms with Crippen LogP contribution < -0.4 is 10.4 Å². The molecule has 0 radical (unpaired) electrons. The number of hydrogen-bond donors (Lipinski definition) is 0. The number of nitro groups is 2. The molecule has 152 valence electrons. The Hall–Kier alpha value is -4.41. The smallest absolute Gasteiger partial charge is 0.344 e. The van der Waals surface area contributed by atoms with Gasteiger partial charge in [0.1, 0.15) is 11.3 Å². The molecule has 1 aromatic heterocycles. The highest BCUT2D eigenvalue weighted by Gasteiger charge is 2.24. The van der Waals surface area contributed by atoms with E-state index in [2.05, 4.69) is 0 Å². The van der Waals surface area contributed by atoms with Crippen LogP contribution in [0.4, 0.5) is 11.4 Å². The van der Waals surface area contributed by atoms with Gasteiger partial charge in [-0.1, -0.05) is 0 Å². The Morgan fingerprint density at radius 3 is 2.13 bits per heavy atom. The van der Waals surface area contributed by atoms with Gasteiger partial charge in [-0.25, -0.2) is 9.59 Å². The Labute approximate surface area is 166 Å². The number of nitro benzene ring substituents is 2. The fourth-order valence-electron chi connectivity index (χ4n) is 2.87. The van der Waals surface area contributed by atoms with E-state index in [-0.39, 0.29) is 16.9 Å². The summed E-state index contributed by atoms with van der Waals surface area (Å²) in [4.78, 5) is 56.7. The van der Waals surface area contributed by atoms with Crippen LogP contribution in [0.2, 0.25) is 0 Å². The largest absolute Gasteiger partial charge is 0.422 e. The summed E-state index contributed by atoms with van der Waals surface area (Å²) in [5.41, 5.74) is -2.25. The predicted octanol–water partition coefficient (Wildman–Crippen LogP) is 3.34. The highest BCUT2D eigenvalue weighted by atomic mass is 16.6. The second-order valence-corrected chi connectivity index (χ2v) is 6.26. The van der Waals surface area contributed by atoms with Crippen molar-refractivity contribution < 1.29 is 28.6 Å². The molecule has 0 aliphatic rings. The van der Waals surface area contributed by atoms with Crippen LogP contribution in [-0.4, -0.2) is 21.6 Å². The number of benzene rings is 2. The van der Waals surface area contributed by atoms with Crippen molar-refractivity contribution in [1.29, 1.82) is 0 Å². The van der Waals surface area contributed by atoms with Crippen molar-refractivity contribution in [3.05, 3.63) is 83.7 Å². The minimum absolute atomic E-state index is 0.0807. The number of rotatable bonds is 5. The number of esters is 1. The molecule has 30 heavy (non-hydrogen) atoms. The van der Waals surface area contributed by atoms with Gasteiger partial charge in [0.15, 0.2) is 11.4 Å². The number of Topliss-reactive ketones (excluding diaryl/α,β-unsaturated/α-hetero) is 1. The Bertz CT molecular complexity index is 1280. The molecule has 2 aromatic carbocycles. The summed E-state index contributed by atoms with van der Waals surface area (Å²) in [6.45, 7) is 2.81. The minimum atomic E-state index is -1.17. The number of aryl methyl sites for hydroxylation is 1. The minimum Gasteiger partial charge on any atom is -0.422 e. The van der Waals surface area contributed by atoms with Crippen LogP contribution in [0.5, 0.6) is 5.75 Å². The van der Waals surface area contributed by atoms with E-state index in [0.717, 1.165) is 12.1 Å². The second kappa shape index (κ2) is 7.54. The van der Waals surface area contributed by atoms with E-state index in [4.69, 9.17) is 9.15 Å². The number of non-ortho nitro benzene ring substituents is 2. The first-order valence-corrected chi connectivity index (χ1v) is 8.33. The molecular formula is C19H12N2O9. The number of ether oxygens (including phenoxy) is 1. The highest BCUT2D eigenvalue weighted by Crippen LogP contribution is 2.31. The Morgan fingerprint density at radius 2 is 1.60 bits per heavy atom. The lowest BCUT2D eigenvalue weighted by molar-refractivity contribution is -0.394. The molecule has 0 aliphatic carbocycles. The first-order valence-electron chi connectivity index (χ1n) is 8.33. The molecule has 0 N–H and O–H groups in total. The van der Waals surface area contributed by atoms with Gasteiger partial charge in [0, 0.05) is 23.6 Å². The van der Waals surface area contributed by atoms with Crippen molar-refractivity contribution in [2.24, 2.45) is 0 Å². The van der Waals surface area contributed by atoms with Gasteiger partial charge in [-0.05, 0) is 31.5 Å². The van der Waals surface area contributed by atoms with Crippen LogP contribution in [0.15, 0.2) is 45.6 Å². The van der Waals surface area contributed by atoms with E-state index in [0.29, 0.717) is 17.0 Å². The Morgan fingerprint density at radius 1 is 1.00 bits per heavy atom. The summed E-state index contributed by atoms with van der Waals surface area (Å²) in [5.74, 6) is -2.00. The normalized spacial score (nSPS) is 10.6. The molecule has 0 amide bonds. The van der Waals surface area contributed by atoms with E-state index in [9.17, 15) is 34.6 Å². The molecule has 0 aliphatic heterocycles. The summed E-state index contributed by atoms with van der Waals surface area (Å²) in [5, 5.41) is 22.5. The number of carbonyl (C=O) groups excluding carboxylic acids is 2. The first kappa shape index (κ1) is 20.3. The third kappa shape index (κ3) is 3.76. The van der Waals surface area contributed by atoms with Gasteiger partial charge >= 0.3 is 11.6 Å². The lowest BCUT2D eigenvalue weighted by atomic mass is 10.0. The number of nitrogens with zero attached hydrogens (tertiary/aromatic N) is 2. The van der Waals surface area contributed by atoms with Crippen LogP contribution in [0, 0.1) is 27.2 Å². The maximum Gasteiger partial charge on any atom is 0.344 e. The van der Waals surface area contributed by atoms with Crippen LogP contribution in [0.25, 0.3) is 11.0 Å². The lowest BCUT2D eigenvalue weighted by Crippen LogP contribution is -2.13. The fourth-order valence-corrected chi connectivity index (χ4v) is 2.87. The molecule has 0 fully saturated rings. The molecule has 0 unspecified atom stereocenters. The average molecular weight is 412 g/mol. The third-order valence-corrected chi connectivity index (χ3v) is 4.20. The number of ketones is 1.